The molecule has 1 aliphatic heterocycles. The van der Waals surface area contributed by atoms with Crippen LogP contribution in [0.3, 0.4) is 0 Å². The number of piperazine rings is 1. The third-order valence-corrected chi connectivity index (χ3v) is 4.29. The Morgan fingerprint density at radius 1 is 1.42 bits per heavy atom. The van der Waals surface area contributed by atoms with E-state index in [-0.39, 0.29) is 17.9 Å². The normalized spacial score (nSPS) is 17.8. The Kier molecular flexibility index (Phi) is 7.06. The maximum absolute atomic E-state index is 12.6. The Morgan fingerprint density at radius 3 is 2.92 bits per heavy atom. The highest BCUT2D eigenvalue weighted by Gasteiger charge is 2.27. The van der Waals surface area contributed by atoms with E-state index in [4.69, 9.17) is 11.6 Å². The van der Waals surface area contributed by atoms with Crippen LogP contribution < -0.4 is 10.6 Å². The van der Waals surface area contributed by atoms with Crippen molar-refractivity contribution in [2.24, 2.45) is 5.92 Å². The van der Waals surface area contributed by atoms with Crippen LogP contribution in [0.15, 0.2) is 24.3 Å². The molecule has 24 heavy (non-hydrogen) atoms. The molecule has 1 aromatic rings. The van der Waals surface area contributed by atoms with Gasteiger partial charge in [-0.3, -0.25) is 9.59 Å². The van der Waals surface area contributed by atoms with Gasteiger partial charge in [-0.2, -0.15) is 0 Å². The first kappa shape index (κ1) is 18.7. The van der Waals surface area contributed by atoms with E-state index in [1.54, 1.807) is 0 Å². The molecule has 0 radical (unpaired) electrons. The van der Waals surface area contributed by atoms with Crippen molar-refractivity contribution in [3.05, 3.63) is 34.9 Å². The molecule has 1 heterocycles. The number of carbonyl (C=O) groups excluding carboxylic acids is 2. The average Bonchev–Trinajstić information content (AvgIpc) is 2.54. The van der Waals surface area contributed by atoms with Gasteiger partial charge in [-0.25, -0.2) is 0 Å². The SMILES string of the molecule is CC(C)CC(=O)NCCC(=O)N1CCNCC1c1cccc(Cl)c1. The third kappa shape index (κ3) is 5.49. The average molecular weight is 352 g/mol. The van der Waals surface area contributed by atoms with Crippen molar-refractivity contribution in [1.82, 2.24) is 15.5 Å². The number of carbonyl (C=O) groups is 2. The van der Waals surface area contributed by atoms with Gasteiger partial charge in [0.05, 0.1) is 6.04 Å². The first-order valence-corrected chi connectivity index (χ1v) is 8.87. The first-order valence-electron chi connectivity index (χ1n) is 8.49. The first-order chi connectivity index (χ1) is 11.5. The Bertz CT molecular complexity index is 577. The number of hydrogen-bond acceptors (Lipinski definition) is 3. The Morgan fingerprint density at radius 2 is 2.21 bits per heavy atom. The van der Waals surface area contributed by atoms with Crippen LogP contribution in [0.1, 0.15) is 38.3 Å². The molecule has 0 bridgehead atoms. The summed E-state index contributed by atoms with van der Waals surface area (Å²) in [5.41, 5.74) is 1.03. The van der Waals surface area contributed by atoms with Gasteiger partial charge in [-0.15, -0.1) is 0 Å². The molecule has 1 unspecified atom stereocenters. The van der Waals surface area contributed by atoms with Crippen molar-refractivity contribution >= 4 is 23.4 Å². The number of hydrogen-bond donors (Lipinski definition) is 2. The number of amides is 2. The van der Waals surface area contributed by atoms with Crippen molar-refractivity contribution in [2.75, 3.05) is 26.2 Å². The summed E-state index contributed by atoms with van der Waals surface area (Å²) in [5.74, 6) is 0.386. The molecule has 0 aliphatic carbocycles. The van der Waals surface area contributed by atoms with Crippen LogP contribution in [0, 0.1) is 5.92 Å². The predicted octanol–water partition coefficient (Wildman–Crippen LogP) is 2.37. The lowest BCUT2D eigenvalue weighted by Gasteiger charge is -2.36. The van der Waals surface area contributed by atoms with E-state index in [1.165, 1.54) is 0 Å². The molecule has 2 amide bonds. The molecule has 1 aliphatic rings. The summed E-state index contributed by atoms with van der Waals surface area (Å²) in [4.78, 5) is 26.1. The van der Waals surface area contributed by atoms with Crippen LogP contribution in [0.5, 0.6) is 0 Å². The molecule has 0 aromatic heterocycles. The van der Waals surface area contributed by atoms with Gasteiger partial charge in [0.25, 0.3) is 0 Å². The fourth-order valence-corrected chi connectivity index (χ4v) is 3.11. The van der Waals surface area contributed by atoms with Crippen LogP contribution in [0.2, 0.25) is 5.02 Å². The molecular formula is C18H26ClN3O2. The third-order valence-electron chi connectivity index (χ3n) is 4.05. The summed E-state index contributed by atoms with van der Waals surface area (Å²) in [6.07, 6.45) is 0.813. The van der Waals surface area contributed by atoms with Gasteiger partial charge in [0.2, 0.25) is 11.8 Å². The maximum Gasteiger partial charge on any atom is 0.224 e. The molecule has 0 spiro atoms. The summed E-state index contributed by atoms with van der Waals surface area (Å²) >= 11 is 6.08. The molecule has 1 aromatic carbocycles. The minimum absolute atomic E-state index is 0.00417. The summed E-state index contributed by atoms with van der Waals surface area (Å²) in [7, 11) is 0. The Hall–Kier alpha value is -1.59. The monoisotopic (exact) mass is 351 g/mol. The van der Waals surface area contributed by atoms with Crippen LogP contribution in [-0.4, -0.2) is 42.9 Å². The van der Waals surface area contributed by atoms with E-state index < -0.39 is 0 Å². The second-order valence-corrected chi connectivity index (χ2v) is 7.00. The summed E-state index contributed by atoms with van der Waals surface area (Å²) in [6.45, 7) is 6.54. The van der Waals surface area contributed by atoms with E-state index in [1.807, 2.05) is 43.0 Å². The van der Waals surface area contributed by atoms with Gasteiger partial charge in [0.1, 0.15) is 0 Å². The van der Waals surface area contributed by atoms with E-state index in [0.29, 0.717) is 43.4 Å². The van der Waals surface area contributed by atoms with Crippen molar-refractivity contribution in [3.8, 4) is 0 Å². The largest absolute Gasteiger partial charge is 0.356 e. The minimum Gasteiger partial charge on any atom is -0.356 e. The summed E-state index contributed by atoms with van der Waals surface area (Å²) in [6, 6.07) is 7.62. The van der Waals surface area contributed by atoms with Gasteiger partial charge in [0, 0.05) is 44.0 Å². The maximum atomic E-state index is 12.6. The van der Waals surface area contributed by atoms with Crippen molar-refractivity contribution in [1.29, 1.82) is 0 Å². The van der Waals surface area contributed by atoms with E-state index >= 15 is 0 Å². The molecule has 1 saturated heterocycles. The molecule has 1 fully saturated rings. The number of nitrogens with one attached hydrogen (secondary N) is 2. The topological polar surface area (TPSA) is 61.4 Å². The molecule has 2 rings (SSSR count). The number of benzene rings is 1. The molecule has 5 nitrogen and oxygen atoms in total. The van der Waals surface area contributed by atoms with Crippen LogP contribution >= 0.6 is 11.6 Å². The molecular weight excluding hydrogens is 326 g/mol. The molecule has 2 N–H and O–H groups in total. The zero-order chi connectivity index (χ0) is 17.5. The highest BCUT2D eigenvalue weighted by Crippen LogP contribution is 2.25. The Balaban J connectivity index is 1.92. The number of nitrogens with zero attached hydrogens (tertiary/aromatic N) is 1. The van der Waals surface area contributed by atoms with Crippen LogP contribution in [0.4, 0.5) is 0 Å². The van der Waals surface area contributed by atoms with E-state index in [2.05, 4.69) is 10.6 Å². The fraction of sp³-hybridized carbons (Fsp3) is 0.556. The zero-order valence-electron chi connectivity index (χ0n) is 14.3. The lowest BCUT2D eigenvalue weighted by Crippen LogP contribution is -2.49. The second kappa shape index (κ2) is 9.04. The minimum atomic E-state index is -0.0173. The number of halogens is 1. The van der Waals surface area contributed by atoms with Crippen molar-refractivity contribution in [2.45, 2.75) is 32.7 Å². The van der Waals surface area contributed by atoms with Gasteiger partial charge in [-0.05, 0) is 23.6 Å². The van der Waals surface area contributed by atoms with E-state index in [0.717, 1.165) is 12.1 Å². The summed E-state index contributed by atoms with van der Waals surface area (Å²) < 4.78 is 0. The molecule has 132 valence electrons. The van der Waals surface area contributed by atoms with Crippen molar-refractivity contribution < 1.29 is 9.59 Å². The second-order valence-electron chi connectivity index (χ2n) is 6.56. The highest BCUT2D eigenvalue weighted by atomic mass is 35.5. The molecule has 1 atom stereocenters. The van der Waals surface area contributed by atoms with Gasteiger partial charge in [0.15, 0.2) is 0 Å². The van der Waals surface area contributed by atoms with Crippen molar-refractivity contribution in [3.63, 3.8) is 0 Å². The van der Waals surface area contributed by atoms with Gasteiger partial charge < -0.3 is 15.5 Å². The Labute approximate surface area is 148 Å². The zero-order valence-corrected chi connectivity index (χ0v) is 15.1. The predicted molar refractivity (Wildman–Crippen MR) is 95.9 cm³/mol. The van der Waals surface area contributed by atoms with Crippen LogP contribution in [-0.2, 0) is 9.59 Å². The highest BCUT2D eigenvalue weighted by molar-refractivity contribution is 6.30. The van der Waals surface area contributed by atoms with Crippen LogP contribution in [0.25, 0.3) is 0 Å². The van der Waals surface area contributed by atoms with Gasteiger partial charge in [-0.1, -0.05) is 37.6 Å². The lowest BCUT2D eigenvalue weighted by molar-refractivity contribution is -0.134. The lowest BCUT2D eigenvalue weighted by atomic mass is 10.0. The summed E-state index contributed by atoms with van der Waals surface area (Å²) in [5, 5.41) is 6.82. The standard InChI is InChI=1S/C18H26ClN3O2/c1-13(2)10-17(23)21-7-6-18(24)22-9-8-20-12-16(22)14-4-3-5-15(19)11-14/h3-5,11,13,16,20H,6-10,12H2,1-2H3,(H,21,23). The van der Waals surface area contributed by atoms with E-state index in [9.17, 15) is 9.59 Å². The molecule has 6 heteroatoms. The number of rotatable bonds is 6. The smallest absolute Gasteiger partial charge is 0.224 e. The molecule has 0 saturated carbocycles. The quantitative estimate of drug-likeness (QED) is 0.827. The van der Waals surface area contributed by atoms with Gasteiger partial charge >= 0.3 is 0 Å². The fourth-order valence-electron chi connectivity index (χ4n) is 2.91.